The number of carboxylic acids is 1. The maximum Gasteiger partial charge on any atom is 0.414 e. The zero-order valence-electron chi connectivity index (χ0n) is 14.1. The van der Waals surface area contributed by atoms with Gasteiger partial charge in [-0.1, -0.05) is 12.1 Å². The van der Waals surface area contributed by atoms with Crippen molar-refractivity contribution in [3.8, 4) is 10.4 Å². The molecule has 0 radical (unpaired) electrons. The summed E-state index contributed by atoms with van der Waals surface area (Å²) >= 11 is 1.17. The summed E-state index contributed by atoms with van der Waals surface area (Å²) in [6.07, 6.45) is -0.686. The van der Waals surface area contributed by atoms with E-state index in [1.807, 2.05) is 6.07 Å². The quantitative estimate of drug-likeness (QED) is 0.571. The highest BCUT2D eigenvalue weighted by Gasteiger charge is 2.16. The maximum atomic E-state index is 11.7. The molecule has 132 valence electrons. The Morgan fingerprint density at radius 3 is 2.56 bits per heavy atom. The van der Waals surface area contributed by atoms with Crippen molar-refractivity contribution >= 4 is 35.0 Å². The number of alkyl carbamates (subject to hydrolysis) is 1. The molecule has 1 aromatic carbocycles. The van der Waals surface area contributed by atoms with E-state index < -0.39 is 17.7 Å². The fraction of sp³-hybridized carbons (Fsp3) is 0.235. The lowest BCUT2D eigenvalue weighted by atomic mass is 10.1. The van der Waals surface area contributed by atoms with E-state index >= 15 is 0 Å². The highest BCUT2D eigenvalue weighted by atomic mass is 32.1. The van der Waals surface area contributed by atoms with Gasteiger partial charge in [0.25, 0.3) is 0 Å². The van der Waals surface area contributed by atoms with E-state index in [4.69, 9.17) is 15.6 Å². The first-order chi connectivity index (χ1) is 11.6. The van der Waals surface area contributed by atoms with Gasteiger partial charge in [-0.15, -0.1) is 11.3 Å². The number of nitrogens with one attached hydrogen (secondary N) is 1. The number of benzene rings is 1. The van der Waals surface area contributed by atoms with Gasteiger partial charge in [0.05, 0.1) is 5.69 Å². The molecule has 1 heterocycles. The fourth-order valence-corrected chi connectivity index (χ4v) is 2.75. The van der Waals surface area contributed by atoms with E-state index in [-0.39, 0.29) is 10.8 Å². The number of aliphatic imine (C=N–C) groups is 1. The molecule has 0 bridgehead atoms. The van der Waals surface area contributed by atoms with Crippen molar-refractivity contribution in [1.82, 2.24) is 5.32 Å². The molecule has 0 atom stereocenters. The number of hydrogen-bond donors (Lipinski definition) is 3. The van der Waals surface area contributed by atoms with Crippen molar-refractivity contribution in [3.63, 3.8) is 0 Å². The smallest absolute Gasteiger partial charge is 0.414 e. The highest BCUT2D eigenvalue weighted by molar-refractivity contribution is 7.17. The van der Waals surface area contributed by atoms with E-state index in [1.54, 1.807) is 51.1 Å². The molecule has 0 spiro atoms. The summed E-state index contributed by atoms with van der Waals surface area (Å²) in [5, 5.41) is 11.4. The monoisotopic (exact) mass is 361 g/mol. The number of aromatic carboxylic acids is 1. The summed E-state index contributed by atoms with van der Waals surface area (Å²) in [5.74, 6) is -1.06. The van der Waals surface area contributed by atoms with Gasteiger partial charge in [-0.3, -0.25) is 5.32 Å². The number of rotatable bonds is 3. The molecular formula is C17H19N3O4S. The highest BCUT2D eigenvalue weighted by Crippen LogP contribution is 2.30. The Labute approximate surface area is 149 Å². The van der Waals surface area contributed by atoms with Crippen LogP contribution in [0.25, 0.3) is 10.4 Å². The van der Waals surface area contributed by atoms with Crippen molar-refractivity contribution in [2.24, 2.45) is 10.7 Å². The van der Waals surface area contributed by atoms with E-state index in [9.17, 15) is 9.59 Å². The van der Waals surface area contributed by atoms with E-state index in [1.165, 1.54) is 11.3 Å². The Balaban J connectivity index is 2.14. The number of ether oxygens (including phenoxy) is 1. The average molecular weight is 361 g/mol. The van der Waals surface area contributed by atoms with Gasteiger partial charge in [0.15, 0.2) is 0 Å². The van der Waals surface area contributed by atoms with Crippen molar-refractivity contribution in [3.05, 3.63) is 41.3 Å². The molecule has 8 heteroatoms. The van der Waals surface area contributed by atoms with Crippen molar-refractivity contribution in [2.45, 2.75) is 26.4 Å². The lowest BCUT2D eigenvalue weighted by Gasteiger charge is -2.19. The Bertz CT molecular complexity index is 821. The SMILES string of the molecule is CC(C)(C)OC(=O)NC(N)=Nc1cccc(-c2ccc(C(=O)O)s2)c1. The number of carbonyl (C=O) groups excluding carboxylic acids is 1. The molecule has 1 amide bonds. The molecule has 2 rings (SSSR count). The molecule has 4 N–H and O–H groups in total. The fourth-order valence-electron chi connectivity index (χ4n) is 1.91. The summed E-state index contributed by atoms with van der Waals surface area (Å²) in [5.41, 5.74) is 6.42. The second kappa shape index (κ2) is 7.35. The normalized spacial score (nSPS) is 11.9. The molecule has 2 aromatic rings. The van der Waals surface area contributed by atoms with Crippen LogP contribution in [0.15, 0.2) is 41.4 Å². The van der Waals surface area contributed by atoms with E-state index in [0.717, 1.165) is 10.4 Å². The number of nitrogens with two attached hydrogens (primary N) is 1. The Morgan fingerprint density at radius 1 is 1.24 bits per heavy atom. The van der Waals surface area contributed by atoms with E-state index in [0.29, 0.717) is 5.69 Å². The maximum absolute atomic E-state index is 11.7. The number of carboxylic acid groups (broad SMARTS) is 1. The number of carbonyl (C=O) groups is 2. The second-order valence-electron chi connectivity index (χ2n) is 6.14. The number of thiophene rings is 1. The molecule has 0 saturated carbocycles. The summed E-state index contributed by atoms with van der Waals surface area (Å²) < 4.78 is 5.10. The average Bonchev–Trinajstić information content (AvgIpc) is 2.95. The zero-order valence-corrected chi connectivity index (χ0v) is 14.9. The third-order valence-electron chi connectivity index (χ3n) is 2.83. The summed E-state index contributed by atoms with van der Waals surface area (Å²) in [6, 6.07) is 10.4. The summed E-state index contributed by atoms with van der Waals surface area (Å²) in [7, 11) is 0. The minimum atomic E-state index is -0.962. The molecule has 0 aliphatic rings. The molecule has 7 nitrogen and oxygen atoms in total. The zero-order chi connectivity index (χ0) is 18.6. The molecule has 0 aliphatic heterocycles. The standard InChI is InChI=1S/C17H19N3O4S/c1-17(2,3)24-16(23)20-15(18)19-11-6-4-5-10(9-11)12-7-8-13(25-12)14(21)22/h4-9H,1-3H3,(H,21,22)(H3,18,19,20,23). The minimum Gasteiger partial charge on any atom is -0.477 e. The van der Waals surface area contributed by atoms with Crippen LogP contribution in [0.4, 0.5) is 10.5 Å². The number of nitrogens with zero attached hydrogens (tertiary/aromatic N) is 1. The van der Waals surface area contributed by atoms with Gasteiger partial charge in [0, 0.05) is 4.88 Å². The van der Waals surface area contributed by atoms with Crippen LogP contribution in [-0.4, -0.2) is 28.7 Å². The molecular weight excluding hydrogens is 342 g/mol. The summed E-state index contributed by atoms with van der Waals surface area (Å²) in [6.45, 7) is 5.24. The lowest BCUT2D eigenvalue weighted by Crippen LogP contribution is -2.40. The first-order valence-electron chi connectivity index (χ1n) is 7.42. The van der Waals surface area contributed by atoms with E-state index in [2.05, 4.69) is 10.3 Å². The third-order valence-corrected chi connectivity index (χ3v) is 3.95. The predicted octanol–water partition coefficient (Wildman–Crippen LogP) is 3.58. The van der Waals surface area contributed by atoms with Crippen LogP contribution in [0.1, 0.15) is 30.4 Å². The van der Waals surface area contributed by atoms with Crippen LogP contribution in [0, 0.1) is 0 Å². The molecule has 25 heavy (non-hydrogen) atoms. The van der Waals surface area contributed by atoms with Crippen molar-refractivity contribution in [1.29, 1.82) is 0 Å². The van der Waals surface area contributed by atoms with Gasteiger partial charge in [0.2, 0.25) is 5.96 Å². The molecule has 0 unspecified atom stereocenters. The molecule has 0 fully saturated rings. The minimum absolute atomic E-state index is 0.0937. The number of hydrogen-bond acceptors (Lipinski definition) is 5. The predicted molar refractivity (Wildman–Crippen MR) is 97.4 cm³/mol. The van der Waals surface area contributed by atoms with Crippen molar-refractivity contribution < 1.29 is 19.4 Å². The van der Waals surface area contributed by atoms with Gasteiger partial charge in [-0.25, -0.2) is 14.6 Å². The molecule has 1 aromatic heterocycles. The first-order valence-corrected chi connectivity index (χ1v) is 8.23. The summed E-state index contributed by atoms with van der Waals surface area (Å²) in [4.78, 5) is 27.8. The first kappa shape index (κ1) is 18.5. The van der Waals surface area contributed by atoms with Crippen LogP contribution in [-0.2, 0) is 4.74 Å². The van der Waals surface area contributed by atoms with Gasteiger partial charge in [-0.2, -0.15) is 0 Å². The number of guanidine groups is 1. The van der Waals surface area contributed by atoms with Gasteiger partial charge >= 0.3 is 12.1 Å². The number of amides is 1. The Morgan fingerprint density at radius 2 is 1.96 bits per heavy atom. The molecule has 0 aliphatic carbocycles. The Hall–Kier alpha value is -2.87. The van der Waals surface area contributed by atoms with Gasteiger partial charge < -0.3 is 15.6 Å². The van der Waals surface area contributed by atoms with Crippen LogP contribution >= 0.6 is 11.3 Å². The largest absolute Gasteiger partial charge is 0.477 e. The van der Waals surface area contributed by atoms with Gasteiger partial charge in [0.1, 0.15) is 10.5 Å². The third kappa shape index (κ3) is 5.61. The topological polar surface area (TPSA) is 114 Å². The second-order valence-corrected chi connectivity index (χ2v) is 7.23. The van der Waals surface area contributed by atoms with Crippen LogP contribution in [0.2, 0.25) is 0 Å². The van der Waals surface area contributed by atoms with Crippen LogP contribution in [0.3, 0.4) is 0 Å². The Kier molecular flexibility index (Phi) is 5.43. The van der Waals surface area contributed by atoms with Crippen LogP contribution in [0.5, 0.6) is 0 Å². The van der Waals surface area contributed by atoms with Crippen LogP contribution < -0.4 is 11.1 Å². The lowest BCUT2D eigenvalue weighted by molar-refractivity contribution is 0.0561. The van der Waals surface area contributed by atoms with Gasteiger partial charge in [-0.05, 0) is 50.6 Å². The molecule has 0 saturated heterocycles. The van der Waals surface area contributed by atoms with Crippen molar-refractivity contribution in [2.75, 3.05) is 0 Å².